The summed E-state index contributed by atoms with van der Waals surface area (Å²) in [6, 6.07) is 8.42. The average molecular weight is 285 g/mol. The van der Waals surface area contributed by atoms with E-state index in [0.717, 1.165) is 50.2 Å². The molecule has 1 aliphatic rings. The van der Waals surface area contributed by atoms with E-state index in [0.29, 0.717) is 5.82 Å². The van der Waals surface area contributed by atoms with Gasteiger partial charge in [0.25, 0.3) is 0 Å². The maximum atomic E-state index is 5.62. The predicted octanol–water partition coefficient (Wildman–Crippen LogP) is 3.33. The first-order valence-electron chi connectivity index (χ1n) is 7.91. The molecule has 0 saturated carbocycles. The number of nitrogens with one attached hydrogen (secondary N) is 1. The number of piperidine rings is 1. The van der Waals surface area contributed by atoms with Gasteiger partial charge in [-0.3, -0.25) is 0 Å². The number of hydrogen-bond donors (Lipinski definition) is 1. The fourth-order valence-corrected chi connectivity index (χ4v) is 3.07. The first-order chi connectivity index (χ1) is 10.3. The van der Waals surface area contributed by atoms with E-state index >= 15 is 0 Å². The van der Waals surface area contributed by atoms with Gasteiger partial charge in [0.05, 0.1) is 5.41 Å². The summed E-state index contributed by atoms with van der Waals surface area (Å²) in [4.78, 5) is 4.70. The molecule has 1 fully saturated rings. The molecule has 1 aromatic heterocycles. The van der Waals surface area contributed by atoms with Crippen molar-refractivity contribution in [3.8, 4) is 11.4 Å². The largest absolute Gasteiger partial charge is 0.338 e. The van der Waals surface area contributed by atoms with Crippen LogP contribution in [-0.4, -0.2) is 23.2 Å². The molecule has 4 nitrogen and oxygen atoms in total. The minimum atomic E-state index is 0.0554. The molecule has 1 aliphatic heterocycles. The molecule has 0 aliphatic carbocycles. The normalized spacial score (nSPS) is 17.8. The first kappa shape index (κ1) is 14.3. The molecule has 1 saturated heterocycles. The molecule has 0 spiro atoms. The van der Waals surface area contributed by atoms with Crippen molar-refractivity contribution in [2.75, 3.05) is 13.1 Å². The van der Waals surface area contributed by atoms with Gasteiger partial charge in [-0.1, -0.05) is 43.3 Å². The van der Waals surface area contributed by atoms with Gasteiger partial charge in [-0.25, -0.2) is 0 Å². The number of hydrogen-bond acceptors (Lipinski definition) is 4. The van der Waals surface area contributed by atoms with Crippen LogP contribution in [0, 0.1) is 0 Å². The lowest BCUT2D eigenvalue weighted by Gasteiger charge is -2.33. The molecule has 1 N–H and O–H groups in total. The highest BCUT2D eigenvalue weighted by molar-refractivity contribution is 5.54. The Morgan fingerprint density at radius 3 is 2.48 bits per heavy atom. The van der Waals surface area contributed by atoms with Gasteiger partial charge in [-0.05, 0) is 44.3 Å². The summed E-state index contributed by atoms with van der Waals surface area (Å²) >= 11 is 0. The maximum absolute atomic E-state index is 5.62. The third-order valence-electron chi connectivity index (χ3n) is 4.74. The summed E-state index contributed by atoms with van der Waals surface area (Å²) in [6.07, 6.45) is 4.23. The van der Waals surface area contributed by atoms with Crippen molar-refractivity contribution in [2.45, 2.75) is 44.9 Å². The quantitative estimate of drug-likeness (QED) is 0.936. The second kappa shape index (κ2) is 5.98. The van der Waals surface area contributed by atoms with Crippen molar-refractivity contribution < 1.29 is 4.52 Å². The van der Waals surface area contributed by atoms with Crippen molar-refractivity contribution in [3.63, 3.8) is 0 Å². The van der Waals surface area contributed by atoms with Crippen LogP contribution in [0.1, 0.15) is 44.6 Å². The van der Waals surface area contributed by atoms with Gasteiger partial charge in [0, 0.05) is 5.56 Å². The van der Waals surface area contributed by atoms with Crippen molar-refractivity contribution in [2.24, 2.45) is 0 Å². The number of aromatic nitrogens is 2. The first-order valence-corrected chi connectivity index (χ1v) is 7.91. The summed E-state index contributed by atoms with van der Waals surface area (Å²) < 4.78 is 5.62. The van der Waals surface area contributed by atoms with E-state index in [1.807, 2.05) is 0 Å². The second-order valence-corrected chi connectivity index (χ2v) is 5.86. The highest BCUT2D eigenvalue weighted by Gasteiger charge is 2.37. The van der Waals surface area contributed by atoms with E-state index in [1.54, 1.807) is 0 Å². The molecule has 4 heteroatoms. The minimum absolute atomic E-state index is 0.0554. The molecule has 0 amide bonds. The van der Waals surface area contributed by atoms with E-state index in [4.69, 9.17) is 9.51 Å². The zero-order valence-electron chi connectivity index (χ0n) is 12.9. The van der Waals surface area contributed by atoms with Crippen LogP contribution >= 0.6 is 0 Å². The Hall–Kier alpha value is -1.68. The smallest absolute Gasteiger partial charge is 0.233 e. The Morgan fingerprint density at radius 2 is 1.86 bits per heavy atom. The molecular weight excluding hydrogens is 262 g/mol. The molecule has 21 heavy (non-hydrogen) atoms. The lowest BCUT2D eigenvalue weighted by Crippen LogP contribution is -2.39. The van der Waals surface area contributed by atoms with Crippen LogP contribution < -0.4 is 5.32 Å². The van der Waals surface area contributed by atoms with Crippen molar-refractivity contribution in [1.29, 1.82) is 0 Å². The molecule has 2 heterocycles. The lowest BCUT2D eigenvalue weighted by molar-refractivity contribution is 0.216. The lowest BCUT2D eigenvalue weighted by atomic mass is 9.76. The van der Waals surface area contributed by atoms with Crippen LogP contribution in [0.25, 0.3) is 11.4 Å². The Morgan fingerprint density at radius 1 is 1.14 bits per heavy atom. The Bertz CT molecular complexity index is 582. The monoisotopic (exact) mass is 285 g/mol. The SMILES string of the molecule is CCc1ccc(-c2noc(C3(CC)CCNCC3)n2)cc1. The Kier molecular flexibility index (Phi) is 4.06. The molecule has 0 unspecified atom stereocenters. The zero-order valence-corrected chi connectivity index (χ0v) is 12.9. The summed E-state index contributed by atoms with van der Waals surface area (Å²) in [5.74, 6) is 1.51. The third-order valence-corrected chi connectivity index (χ3v) is 4.74. The minimum Gasteiger partial charge on any atom is -0.338 e. The van der Waals surface area contributed by atoms with E-state index in [9.17, 15) is 0 Å². The number of benzene rings is 1. The van der Waals surface area contributed by atoms with Gasteiger partial charge in [0.2, 0.25) is 11.7 Å². The Labute approximate surface area is 126 Å². The van der Waals surface area contributed by atoms with Gasteiger partial charge in [-0.2, -0.15) is 4.98 Å². The molecule has 0 atom stereocenters. The molecular formula is C17H23N3O. The van der Waals surface area contributed by atoms with Crippen LogP contribution in [0.15, 0.2) is 28.8 Å². The topological polar surface area (TPSA) is 51.0 Å². The standard InChI is InChI=1S/C17H23N3O/c1-3-13-5-7-14(8-6-13)15-19-16(21-20-15)17(4-2)9-11-18-12-10-17/h5-8,18H,3-4,9-12H2,1-2H3. The average Bonchev–Trinajstić information content (AvgIpc) is 3.06. The van der Waals surface area contributed by atoms with Crippen LogP contribution in [-0.2, 0) is 11.8 Å². The van der Waals surface area contributed by atoms with Crippen LogP contribution in [0.5, 0.6) is 0 Å². The predicted molar refractivity (Wildman–Crippen MR) is 83.2 cm³/mol. The van der Waals surface area contributed by atoms with Gasteiger partial charge < -0.3 is 9.84 Å². The number of rotatable bonds is 4. The van der Waals surface area contributed by atoms with Crippen molar-refractivity contribution in [3.05, 3.63) is 35.7 Å². The zero-order chi connectivity index (χ0) is 14.7. The third kappa shape index (κ3) is 2.72. The highest BCUT2D eigenvalue weighted by atomic mass is 16.5. The van der Waals surface area contributed by atoms with Gasteiger partial charge in [0.15, 0.2) is 0 Å². The summed E-state index contributed by atoms with van der Waals surface area (Å²) in [5, 5.41) is 7.61. The number of aryl methyl sites for hydroxylation is 1. The molecule has 0 bridgehead atoms. The van der Waals surface area contributed by atoms with Gasteiger partial charge >= 0.3 is 0 Å². The van der Waals surface area contributed by atoms with Crippen LogP contribution in [0.2, 0.25) is 0 Å². The van der Waals surface area contributed by atoms with E-state index in [1.165, 1.54) is 5.56 Å². The molecule has 112 valence electrons. The molecule has 2 aromatic rings. The fourth-order valence-electron chi connectivity index (χ4n) is 3.07. The van der Waals surface area contributed by atoms with E-state index in [2.05, 4.69) is 48.6 Å². The molecule has 3 rings (SSSR count). The fraction of sp³-hybridized carbons (Fsp3) is 0.529. The van der Waals surface area contributed by atoms with E-state index < -0.39 is 0 Å². The van der Waals surface area contributed by atoms with Crippen LogP contribution in [0.4, 0.5) is 0 Å². The summed E-state index contributed by atoms with van der Waals surface area (Å²) in [5.41, 5.74) is 2.41. The second-order valence-electron chi connectivity index (χ2n) is 5.86. The number of nitrogens with zero attached hydrogens (tertiary/aromatic N) is 2. The van der Waals surface area contributed by atoms with Gasteiger partial charge in [0.1, 0.15) is 0 Å². The Balaban J connectivity index is 1.87. The highest BCUT2D eigenvalue weighted by Crippen LogP contribution is 2.36. The maximum Gasteiger partial charge on any atom is 0.233 e. The molecule has 1 aromatic carbocycles. The summed E-state index contributed by atoms with van der Waals surface area (Å²) in [6.45, 7) is 6.42. The molecule has 0 radical (unpaired) electrons. The van der Waals surface area contributed by atoms with E-state index in [-0.39, 0.29) is 5.41 Å². The van der Waals surface area contributed by atoms with Crippen molar-refractivity contribution in [1.82, 2.24) is 15.5 Å². The van der Waals surface area contributed by atoms with Gasteiger partial charge in [-0.15, -0.1) is 0 Å². The van der Waals surface area contributed by atoms with Crippen LogP contribution in [0.3, 0.4) is 0 Å². The van der Waals surface area contributed by atoms with Crippen molar-refractivity contribution >= 4 is 0 Å². The summed E-state index contributed by atoms with van der Waals surface area (Å²) in [7, 11) is 0.